The zero-order valence-corrected chi connectivity index (χ0v) is 11.8. The Morgan fingerprint density at radius 3 is 2.58 bits per heavy atom. The van der Waals surface area contributed by atoms with Crippen LogP contribution in [0.15, 0.2) is 0 Å². The lowest BCUT2D eigenvalue weighted by molar-refractivity contribution is -0.130. The molecule has 2 aliphatic rings. The highest BCUT2D eigenvalue weighted by atomic mass is 16.3. The Morgan fingerprint density at radius 1 is 1.42 bits per heavy atom. The SMILES string of the molecule is CC(O)C1CCN(CCN2C(=O)NC(C)(C)C2=O)C1. The third kappa shape index (κ3) is 2.90. The van der Waals surface area contributed by atoms with E-state index >= 15 is 0 Å². The van der Waals surface area contributed by atoms with E-state index in [0.717, 1.165) is 19.5 Å². The minimum Gasteiger partial charge on any atom is -0.393 e. The predicted molar refractivity (Wildman–Crippen MR) is 70.6 cm³/mol. The lowest BCUT2D eigenvalue weighted by Gasteiger charge is -2.21. The lowest BCUT2D eigenvalue weighted by atomic mass is 10.0. The van der Waals surface area contributed by atoms with Crippen LogP contribution in [-0.2, 0) is 4.79 Å². The number of nitrogens with one attached hydrogen (secondary N) is 1. The highest BCUT2D eigenvalue weighted by molar-refractivity contribution is 6.06. The highest BCUT2D eigenvalue weighted by Gasteiger charge is 2.44. The summed E-state index contributed by atoms with van der Waals surface area (Å²) in [5.41, 5.74) is -0.787. The number of urea groups is 1. The van der Waals surface area contributed by atoms with Gasteiger partial charge in [0.2, 0.25) is 0 Å². The number of aliphatic hydroxyl groups is 1. The van der Waals surface area contributed by atoms with Crippen LogP contribution in [0.2, 0.25) is 0 Å². The molecule has 6 nitrogen and oxygen atoms in total. The number of carbonyl (C=O) groups excluding carboxylic acids is 2. The summed E-state index contributed by atoms with van der Waals surface area (Å²) in [6.45, 7) is 8.10. The molecule has 2 atom stereocenters. The molecule has 6 heteroatoms. The number of amides is 3. The van der Waals surface area contributed by atoms with Crippen molar-refractivity contribution in [3.8, 4) is 0 Å². The molecular weight excluding hydrogens is 246 g/mol. The minimum atomic E-state index is -0.787. The summed E-state index contributed by atoms with van der Waals surface area (Å²) < 4.78 is 0. The zero-order valence-electron chi connectivity index (χ0n) is 11.8. The number of aliphatic hydroxyl groups excluding tert-OH is 1. The number of carbonyl (C=O) groups is 2. The molecule has 3 amide bonds. The summed E-state index contributed by atoms with van der Waals surface area (Å²) >= 11 is 0. The van der Waals surface area contributed by atoms with E-state index in [2.05, 4.69) is 10.2 Å². The van der Waals surface area contributed by atoms with Gasteiger partial charge in [0.1, 0.15) is 5.54 Å². The van der Waals surface area contributed by atoms with Gasteiger partial charge < -0.3 is 15.3 Å². The van der Waals surface area contributed by atoms with Crippen LogP contribution in [0.1, 0.15) is 27.2 Å². The van der Waals surface area contributed by atoms with Crippen LogP contribution in [0.4, 0.5) is 4.79 Å². The third-order valence-corrected chi connectivity index (χ3v) is 4.08. The van der Waals surface area contributed by atoms with Crippen molar-refractivity contribution in [2.75, 3.05) is 26.2 Å². The summed E-state index contributed by atoms with van der Waals surface area (Å²) in [5, 5.41) is 12.2. The maximum absolute atomic E-state index is 12.0. The fourth-order valence-corrected chi connectivity index (χ4v) is 2.72. The molecule has 2 saturated heterocycles. The van der Waals surface area contributed by atoms with Crippen molar-refractivity contribution >= 4 is 11.9 Å². The number of hydrogen-bond acceptors (Lipinski definition) is 4. The second kappa shape index (κ2) is 5.09. The van der Waals surface area contributed by atoms with Crippen LogP contribution < -0.4 is 5.32 Å². The quantitative estimate of drug-likeness (QED) is 0.706. The van der Waals surface area contributed by atoms with Crippen molar-refractivity contribution < 1.29 is 14.7 Å². The van der Waals surface area contributed by atoms with Crippen molar-refractivity contribution in [3.05, 3.63) is 0 Å². The first-order chi connectivity index (χ1) is 8.81. The van der Waals surface area contributed by atoms with Crippen molar-refractivity contribution in [3.63, 3.8) is 0 Å². The molecule has 0 saturated carbocycles. The molecule has 0 radical (unpaired) electrons. The first-order valence-corrected chi connectivity index (χ1v) is 6.86. The van der Waals surface area contributed by atoms with Crippen molar-refractivity contribution in [2.24, 2.45) is 5.92 Å². The van der Waals surface area contributed by atoms with Gasteiger partial charge in [0.05, 0.1) is 6.10 Å². The Labute approximate surface area is 113 Å². The van der Waals surface area contributed by atoms with Gasteiger partial charge in [0.25, 0.3) is 5.91 Å². The van der Waals surface area contributed by atoms with Crippen LogP contribution in [-0.4, -0.2) is 64.7 Å². The van der Waals surface area contributed by atoms with Gasteiger partial charge in [0.15, 0.2) is 0 Å². The fourth-order valence-electron chi connectivity index (χ4n) is 2.72. The molecular formula is C13H23N3O3. The van der Waals surface area contributed by atoms with E-state index in [1.54, 1.807) is 13.8 Å². The molecule has 108 valence electrons. The normalized spacial score (nSPS) is 28.8. The molecule has 2 fully saturated rings. The maximum atomic E-state index is 12.0. The van der Waals surface area contributed by atoms with Gasteiger partial charge in [-0.15, -0.1) is 0 Å². The monoisotopic (exact) mass is 269 g/mol. The standard InChI is InChI=1S/C13H23N3O3/c1-9(17)10-4-5-15(8-10)6-7-16-11(18)13(2,3)14-12(16)19/h9-10,17H,4-8H2,1-3H3,(H,14,19). The average molecular weight is 269 g/mol. The summed E-state index contributed by atoms with van der Waals surface area (Å²) in [5.74, 6) is 0.142. The highest BCUT2D eigenvalue weighted by Crippen LogP contribution is 2.20. The molecule has 0 aromatic rings. The van der Waals surface area contributed by atoms with Gasteiger partial charge in [-0.1, -0.05) is 0 Å². The molecule has 2 aliphatic heterocycles. The fraction of sp³-hybridized carbons (Fsp3) is 0.846. The van der Waals surface area contributed by atoms with Crippen LogP contribution >= 0.6 is 0 Å². The van der Waals surface area contributed by atoms with E-state index in [9.17, 15) is 14.7 Å². The van der Waals surface area contributed by atoms with Crippen LogP contribution in [0.25, 0.3) is 0 Å². The van der Waals surface area contributed by atoms with E-state index < -0.39 is 5.54 Å². The molecule has 2 heterocycles. The second-order valence-electron chi connectivity index (χ2n) is 6.10. The molecule has 2 N–H and O–H groups in total. The molecule has 2 rings (SSSR count). The molecule has 2 unspecified atom stereocenters. The van der Waals surface area contributed by atoms with E-state index in [1.165, 1.54) is 4.90 Å². The van der Waals surface area contributed by atoms with Crippen molar-refractivity contribution in [1.29, 1.82) is 0 Å². The van der Waals surface area contributed by atoms with Gasteiger partial charge in [-0.05, 0) is 39.7 Å². The van der Waals surface area contributed by atoms with Crippen molar-refractivity contribution in [2.45, 2.75) is 38.8 Å². The number of likely N-dealkylation sites (tertiary alicyclic amines) is 1. The Bertz CT molecular complexity index is 381. The topological polar surface area (TPSA) is 72.9 Å². The van der Waals surface area contributed by atoms with E-state index in [0.29, 0.717) is 19.0 Å². The van der Waals surface area contributed by atoms with Gasteiger partial charge in [-0.3, -0.25) is 9.69 Å². The van der Waals surface area contributed by atoms with Gasteiger partial charge >= 0.3 is 6.03 Å². The Balaban J connectivity index is 1.84. The molecule has 0 aromatic carbocycles. The Morgan fingerprint density at radius 2 is 2.11 bits per heavy atom. The number of nitrogens with zero attached hydrogens (tertiary/aromatic N) is 2. The molecule has 19 heavy (non-hydrogen) atoms. The first-order valence-electron chi connectivity index (χ1n) is 6.86. The first kappa shape index (κ1) is 14.3. The van der Waals surface area contributed by atoms with Crippen LogP contribution in [0.3, 0.4) is 0 Å². The largest absolute Gasteiger partial charge is 0.393 e. The average Bonchev–Trinajstić information content (AvgIpc) is 2.83. The predicted octanol–water partition coefficient (Wildman–Crippen LogP) is 0.0195. The number of rotatable bonds is 4. The third-order valence-electron chi connectivity index (χ3n) is 4.08. The second-order valence-corrected chi connectivity index (χ2v) is 6.10. The van der Waals surface area contributed by atoms with Crippen LogP contribution in [0.5, 0.6) is 0 Å². The lowest BCUT2D eigenvalue weighted by Crippen LogP contribution is -2.41. The molecule has 0 spiro atoms. The Hall–Kier alpha value is -1.14. The number of hydrogen-bond donors (Lipinski definition) is 2. The summed E-state index contributed by atoms with van der Waals surface area (Å²) in [4.78, 5) is 27.2. The molecule has 0 aromatic heterocycles. The molecule has 0 aliphatic carbocycles. The Kier molecular flexibility index (Phi) is 3.82. The smallest absolute Gasteiger partial charge is 0.325 e. The number of imide groups is 1. The van der Waals surface area contributed by atoms with Gasteiger partial charge in [0, 0.05) is 19.6 Å². The van der Waals surface area contributed by atoms with Crippen LogP contribution in [0, 0.1) is 5.92 Å². The van der Waals surface area contributed by atoms with E-state index in [4.69, 9.17) is 0 Å². The zero-order chi connectivity index (χ0) is 14.2. The minimum absolute atomic E-state index is 0.163. The summed E-state index contributed by atoms with van der Waals surface area (Å²) in [6, 6.07) is -0.304. The summed E-state index contributed by atoms with van der Waals surface area (Å²) in [7, 11) is 0. The summed E-state index contributed by atoms with van der Waals surface area (Å²) in [6.07, 6.45) is 0.684. The van der Waals surface area contributed by atoms with E-state index in [1.807, 2.05) is 6.92 Å². The molecule has 0 bridgehead atoms. The van der Waals surface area contributed by atoms with E-state index in [-0.39, 0.29) is 18.0 Å². The van der Waals surface area contributed by atoms with Gasteiger partial charge in [-0.2, -0.15) is 0 Å². The van der Waals surface area contributed by atoms with Gasteiger partial charge in [-0.25, -0.2) is 4.79 Å². The van der Waals surface area contributed by atoms with Crippen molar-refractivity contribution in [1.82, 2.24) is 15.1 Å². The maximum Gasteiger partial charge on any atom is 0.325 e.